The second-order valence-corrected chi connectivity index (χ2v) is 4.40. The Hall–Kier alpha value is -1.56. The van der Waals surface area contributed by atoms with Crippen LogP contribution in [0.1, 0.15) is 11.1 Å². The zero-order valence-corrected chi connectivity index (χ0v) is 10.5. The molecule has 0 N–H and O–H groups in total. The first-order valence-corrected chi connectivity index (χ1v) is 5.70. The van der Waals surface area contributed by atoms with Crippen molar-refractivity contribution in [1.82, 2.24) is 4.98 Å². The molecule has 1 aromatic heterocycles. The summed E-state index contributed by atoms with van der Waals surface area (Å²) in [5.74, 6) is 0. The number of pyridine rings is 1. The molecule has 17 heavy (non-hydrogen) atoms. The minimum Gasteiger partial charge on any atom is -0.243 e. The fourth-order valence-corrected chi connectivity index (χ4v) is 2.08. The second kappa shape index (κ2) is 4.75. The first-order chi connectivity index (χ1) is 8.13. The van der Waals surface area contributed by atoms with Gasteiger partial charge in [0, 0.05) is 16.8 Å². The van der Waals surface area contributed by atoms with Crippen LogP contribution in [0.3, 0.4) is 0 Å². The van der Waals surface area contributed by atoms with E-state index in [-0.39, 0.29) is 5.15 Å². The molecule has 0 atom stereocenters. The average Bonchev–Trinajstić information content (AvgIpc) is 2.31. The molecular formula is C13H8Cl2N2. The largest absolute Gasteiger partial charge is 0.243 e. The molecule has 4 heteroatoms. The van der Waals surface area contributed by atoms with Crippen molar-refractivity contribution < 1.29 is 0 Å². The molecular weight excluding hydrogens is 255 g/mol. The van der Waals surface area contributed by atoms with E-state index in [4.69, 9.17) is 28.5 Å². The molecule has 0 aliphatic carbocycles. The molecule has 1 aromatic carbocycles. The van der Waals surface area contributed by atoms with Gasteiger partial charge in [-0.05, 0) is 30.2 Å². The van der Waals surface area contributed by atoms with Crippen molar-refractivity contribution in [3.8, 4) is 17.2 Å². The van der Waals surface area contributed by atoms with Crippen LogP contribution in [-0.2, 0) is 0 Å². The number of hydrogen-bond acceptors (Lipinski definition) is 2. The van der Waals surface area contributed by atoms with Crippen molar-refractivity contribution in [2.24, 2.45) is 0 Å². The van der Waals surface area contributed by atoms with Gasteiger partial charge < -0.3 is 0 Å². The highest BCUT2D eigenvalue weighted by Gasteiger charge is 2.13. The molecule has 1 heterocycles. The fraction of sp³-hybridized carbons (Fsp3) is 0.0769. The third-order valence-corrected chi connectivity index (χ3v) is 2.97. The summed E-state index contributed by atoms with van der Waals surface area (Å²) in [6.45, 7) is 1.89. The number of aryl methyl sites for hydroxylation is 1. The van der Waals surface area contributed by atoms with Crippen LogP contribution in [0.15, 0.2) is 30.5 Å². The van der Waals surface area contributed by atoms with Crippen LogP contribution < -0.4 is 0 Å². The fourth-order valence-electron chi connectivity index (χ4n) is 1.70. The van der Waals surface area contributed by atoms with Crippen LogP contribution >= 0.6 is 23.2 Å². The molecule has 0 bridgehead atoms. The molecule has 0 aliphatic heterocycles. The maximum Gasteiger partial charge on any atom is 0.147 e. The Morgan fingerprint density at radius 2 is 2.06 bits per heavy atom. The summed E-state index contributed by atoms with van der Waals surface area (Å²) in [6.07, 6.45) is 1.65. The number of halogens is 2. The molecule has 2 nitrogen and oxygen atoms in total. The molecule has 84 valence electrons. The third-order valence-electron chi connectivity index (χ3n) is 2.45. The Balaban J connectivity index is 2.75. The Morgan fingerprint density at radius 3 is 2.71 bits per heavy atom. The zero-order valence-electron chi connectivity index (χ0n) is 9.04. The van der Waals surface area contributed by atoms with Gasteiger partial charge in [-0.15, -0.1) is 0 Å². The summed E-state index contributed by atoms with van der Waals surface area (Å²) < 4.78 is 0. The van der Waals surface area contributed by atoms with E-state index in [0.717, 1.165) is 16.7 Å². The van der Waals surface area contributed by atoms with Gasteiger partial charge in [-0.25, -0.2) is 4.98 Å². The molecule has 0 saturated carbocycles. The summed E-state index contributed by atoms with van der Waals surface area (Å²) in [7, 11) is 0. The third kappa shape index (κ3) is 2.26. The van der Waals surface area contributed by atoms with Gasteiger partial charge in [-0.3, -0.25) is 0 Å². The van der Waals surface area contributed by atoms with E-state index in [0.29, 0.717) is 10.6 Å². The summed E-state index contributed by atoms with van der Waals surface area (Å²) >= 11 is 11.9. The second-order valence-electron chi connectivity index (χ2n) is 3.60. The summed E-state index contributed by atoms with van der Waals surface area (Å²) in [4.78, 5) is 3.97. The lowest BCUT2D eigenvalue weighted by Crippen LogP contribution is -1.93. The summed E-state index contributed by atoms with van der Waals surface area (Å²) in [5.41, 5.74) is 2.94. The van der Waals surface area contributed by atoms with E-state index in [1.165, 1.54) is 0 Å². The molecule has 0 fully saturated rings. The van der Waals surface area contributed by atoms with Gasteiger partial charge in [0.15, 0.2) is 0 Å². The lowest BCUT2D eigenvalue weighted by molar-refractivity contribution is 1.25. The van der Waals surface area contributed by atoms with E-state index >= 15 is 0 Å². The van der Waals surface area contributed by atoms with Gasteiger partial charge in [-0.1, -0.05) is 35.3 Å². The smallest absolute Gasteiger partial charge is 0.147 e. The number of hydrogen-bond donors (Lipinski definition) is 0. The van der Waals surface area contributed by atoms with E-state index in [9.17, 15) is 0 Å². The van der Waals surface area contributed by atoms with Crippen molar-refractivity contribution in [3.05, 3.63) is 51.8 Å². The van der Waals surface area contributed by atoms with Gasteiger partial charge in [-0.2, -0.15) is 5.26 Å². The Labute approximate surface area is 109 Å². The standard InChI is InChI=1S/C13H8Cl2N2/c1-8-7-17-13(15)11(6-16)12(8)9-3-2-4-10(14)5-9/h2-5,7H,1H3. The number of rotatable bonds is 1. The van der Waals surface area contributed by atoms with Crippen LogP contribution in [0.2, 0.25) is 10.2 Å². The minimum atomic E-state index is 0.216. The summed E-state index contributed by atoms with van der Waals surface area (Å²) in [6, 6.07) is 9.41. The van der Waals surface area contributed by atoms with Crippen molar-refractivity contribution in [2.75, 3.05) is 0 Å². The minimum absolute atomic E-state index is 0.216. The van der Waals surface area contributed by atoms with Gasteiger partial charge in [0.05, 0.1) is 5.56 Å². The van der Waals surface area contributed by atoms with Gasteiger partial charge in [0.2, 0.25) is 0 Å². The van der Waals surface area contributed by atoms with Crippen molar-refractivity contribution in [2.45, 2.75) is 6.92 Å². The van der Waals surface area contributed by atoms with Crippen LogP contribution in [0.25, 0.3) is 11.1 Å². The number of aromatic nitrogens is 1. The predicted octanol–water partition coefficient (Wildman–Crippen LogP) is 4.24. The predicted molar refractivity (Wildman–Crippen MR) is 69.1 cm³/mol. The topological polar surface area (TPSA) is 36.7 Å². The highest BCUT2D eigenvalue weighted by atomic mass is 35.5. The SMILES string of the molecule is Cc1cnc(Cl)c(C#N)c1-c1cccc(Cl)c1. The Bertz CT molecular complexity index is 615. The van der Waals surface area contributed by atoms with Crippen molar-refractivity contribution in [1.29, 1.82) is 5.26 Å². The van der Waals surface area contributed by atoms with Gasteiger partial charge in [0.1, 0.15) is 11.2 Å². The first kappa shape index (κ1) is 11.9. The highest BCUT2D eigenvalue weighted by Crippen LogP contribution is 2.31. The van der Waals surface area contributed by atoms with E-state index in [2.05, 4.69) is 11.1 Å². The van der Waals surface area contributed by atoms with Gasteiger partial charge in [0.25, 0.3) is 0 Å². The Kier molecular flexibility index (Phi) is 3.33. The average molecular weight is 263 g/mol. The van der Waals surface area contributed by atoms with Crippen molar-refractivity contribution in [3.63, 3.8) is 0 Å². The molecule has 0 radical (unpaired) electrons. The molecule has 2 rings (SSSR count). The van der Waals surface area contributed by atoms with Crippen LogP contribution in [0.4, 0.5) is 0 Å². The zero-order chi connectivity index (χ0) is 12.4. The Morgan fingerprint density at radius 1 is 1.29 bits per heavy atom. The van der Waals surface area contributed by atoms with Crippen LogP contribution in [0, 0.1) is 18.3 Å². The highest BCUT2D eigenvalue weighted by molar-refractivity contribution is 6.31. The number of nitrogens with zero attached hydrogens (tertiary/aromatic N) is 2. The maximum absolute atomic E-state index is 9.15. The normalized spacial score (nSPS) is 10.0. The molecule has 0 saturated heterocycles. The number of benzene rings is 1. The lowest BCUT2D eigenvalue weighted by atomic mass is 9.98. The maximum atomic E-state index is 9.15. The lowest BCUT2D eigenvalue weighted by Gasteiger charge is -2.09. The molecule has 0 aliphatic rings. The quantitative estimate of drug-likeness (QED) is 0.721. The molecule has 0 spiro atoms. The molecule has 2 aromatic rings. The van der Waals surface area contributed by atoms with E-state index < -0.39 is 0 Å². The van der Waals surface area contributed by atoms with Crippen LogP contribution in [0.5, 0.6) is 0 Å². The van der Waals surface area contributed by atoms with Crippen molar-refractivity contribution >= 4 is 23.2 Å². The first-order valence-electron chi connectivity index (χ1n) is 4.94. The molecule has 0 unspecified atom stereocenters. The van der Waals surface area contributed by atoms with Gasteiger partial charge >= 0.3 is 0 Å². The summed E-state index contributed by atoms with van der Waals surface area (Å²) in [5, 5.41) is 9.99. The van der Waals surface area contributed by atoms with E-state index in [1.807, 2.05) is 19.1 Å². The molecule has 0 amide bonds. The van der Waals surface area contributed by atoms with Crippen LogP contribution in [-0.4, -0.2) is 4.98 Å². The monoisotopic (exact) mass is 262 g/mol. The van der Waals surface area contributed by atoms with E-state index in [1.54, 1.807) is 18.3 Å². The number of nitriles is 1.